The number of nitrogens with zero attached hydrogens (tertiary/aromatic N) is 2. The Bertz CT molecular complexity index is 169. The lowest BCUT2D eigenvalue weighted by Crippen LogP contribution is -2.31. The molecule has 0 aromatic rings. The molecule has 0 atom stereocenters. The predicted octanol–water partition coefficient (Wildman–Crippen LogP) is 2.67. The first-order valence-corrected chi connectivity index (χ1v) is 4.54. The zero-order chi connectivity index (χ0) is 9.56. The molecule has 0 radical (unpaired) electrons. The van der Waals surface area contributed by atoms with Crippen molar-refractivity contribution >= 4 is 5.84 Å². The molecule has 0 saturated heterocycles. The van der Waals surface area contributed by atoms with Gasteiger partial charge in [0.15, 0.2) is 0 Å². The fourth-order valence-corrected chi connectivity index (χ4v) is 1.17. The molecule has 0 amide bonds. The van der Waals surface area contributed by atoms with Crippen molar-refractivity contribution < 1.29 is 0 Å². The second kappa shape index (κ2) is 5.81. The number of rotatable bonds is 3. The molecular formula is C10H20N2. The fraction of sp³-hybridized carbons (Fsp3) is 0.700. The number of hydrogen-bond acceptors (Lipinski definition) is 1. The molecule has 0 aromatic carbocycles. The normalized spacial score (nSPS) is 13.0. The third kappa shape index (κ3) is 3.07. The minimum Gasteiger partial charge on any atom is -0.335 e. The van der Waals surface area contributed by atoms with Crippen LogP contribution in [0.3, 0.4) is 0 Å². The highest BCUT2D eigenvalue weighted by Gasteiger charge is 2.08. The van der Waals surface area contributed by atoms with E-state index in [9.17, 15) is 0 Å². The molecule has 0 N–H and O–H groups in total. The third-order valence-electron chi connectivity index (χ3n) is 1.74. The monoisotopic (exact) mass is 168 g/mol. The molecule has 2 heteroatoms. The molecule has 0 saturated carbocycles. The van der Waals surface area contributed by atoms with Crippen LogP contribution in [-0.4, -0.2) is 23.8 Å². The molecule has 70 valence electrons. The lowest BCUT2D eigenvalue weighted by molar-refractivity contribution is 0.450. The Hall–Kier alpha value is -0.790. The fourth-order valence-electron chi connectivity index (χ4n) is 1.17. The number of aliphatic imine (C=N–C) groups is 1. The lowest BCUT2D eigenvalue weighted by atomic mass is 10.3. The van der Waals surface area contributed by atoms with Gasteiger partial charge in [-0.05, 0) is 20.8 Å². The number of amidine groups is 1. The van der Waals surface area contributed by atoms with Crippen LogP contribution >= 0.6 is 0 Å². The second-order valence-electron chi connectivity index (χ2n) is 2.98. The molecule has 0 aliphatic rings. The molecular weight excluding hydrogens is 148 g/mol. The highest BCUT2D eigenvalue weighted by Crippen LogP contribution is 2.03. The van der Waals surface area contributed by atoms with Crippen molar-refractivity contribution in [2.45, 2.75) is 40.2 Å². The summed E-state index contributed by atoms with van der Waals surface area (Å²) in [6, 6.07) is 0.486. The van der Waals surface area contributed by atoms with Crippen LogP contribution in [0.5, 0.6) is 0 Å². The maximum Gasteiger partial charge on any atom is 0.102 e. The molecule has 0 rings (SSSR count). The molecule has 12 heavy (non-hydrogen) atoms. The second-order valence-corrected chi connectivity index (χ2v) is 2.98. The first kappa shape index (κ1) is 11.2. The van der Waals surface area contributed by atoms with E-state index < -0.39 is 0 Å². The van der Waals surface area contributed by atoms with Gasteiger partial charge in [0.05, 0.1) is 0 Å². The van der Waals surface area contributed by atoms with Crippen LogP contribution in [0.1, 0.15) is 34.1 Å². The van der Waals surface area contributed by atoms with Gasteiger partial charge in [-0.1, -0.05) is 13.0 Å². The van der Waals surface area contributed by atoms with Gasteiger partial charge in [0, 0.05) is 25.7 Å². The summed E-state index contributed by atoms with van der Waals surface area (Å²) < 4.78 is 0. The van der Waals surface area contributed by atoms with Gasteiger partial charge in [-0.3, -0.25) is 4.99 Å². The Morgan fingerprint density at radius 3 is 2.33 bits per heavy atom. The van der Waals surface area contributed by atoms with Crippen LogP contribution in [-0.2, 0) is 0 Å². The summed E-state index contributed by atoms with van der Waals surface area (Å²) >= 11 is 0. The summed E-state index contributed by atoms with van der Waals surface area (Å²) in [5, 5.41) is 0. The smallest absolute Gasteiger partial charge is 0.102 e. The van der Waals surface area contributed by atoms with Gasteiger partial charge >= 0.3 is 0 Å². The van der Waals surface area contributed by atoms with Crippen molar-refractivity contribution in [2.75, 3.05) is 7.05 Å². The minimum atomic E-state index is 0.486. The standard InChI is InChI=1S/C10H20N2/c1-6-8-12(9(3)4)10(7-2)11-5/h6,8-9H,7H2,1-5H3/b8-6-,11-10-. The highest BCUT2D eigenvalue weighted by atomic mass is 15.2. The van der Waals surface area contributed by atoms with Crippen LogP contribution in [0.25, 0.3) is 0 Å². The van der Waals surface area contributed by atoms with E-state index in [-0.39, 0.29) is 0 Å². The maximum atomic E-state index is 4.24. The van der Waals surface area contributed by atoms with Crippen molar-refractivity contribution in [2.24, 2.45) is 4.99 Å². The van der Waals surface area contributed by atoms with Gasteiger partial charge < -0.3 is 4.90 Å². The highest BCUT2D eigenvalue weighted by molar-refractivity contribution is 5.83. The molecule has 2 nitrogen and oxygen atoms in total. The molecule has 0 unspecified atom stereocenters. The number of allylic oxidation sites excluding steroid dienone is 1. The van der Waals surface area contributed by atoms with Crippen molar-refractivity contribution in [3.05, 3.63) is 12.3 Å². The van der Waals surface area contributed by atoms with E-state index >= 15 is 0 Å². The van der Waals surface area contributed by atoms with Crippen molar-refractivity contribution in [1.29, 1.82) is 0 Å². The van der Waals surface area contributed by atoms with Gasteiger partial charge in [0.25, 0.3) is 0 Å². The van der Waals surface area contributed by atoms with Crippen molar-refractivity contribution in [3.63, 3.8) is 0 Å². The number of hydrogen-bond donors (Lipinski definition) is 0. The summed E-state index contributed by atoms with van der Waals surface area (Å²) in [6.07, 6.45) is 5.11. The quantitative estimate of drug-likeness (QED) is 0.467. The van der Waals surface area contributed by atoms with E-state index in [0.29, 0.717) is 6.04 Å². The molecule has 0 heterocycles. The molecule has 0 aliphatic heterocycles. The summed E-state index contributed by atoms with van der Waals surface area (Å²) in [5.74, 6) is 1.14. The van der Waals surface area contributed by atoms with Crippen molar-refractivity contribution in [3.8, 4) is 0 Å². The van der Waals surface area contributed by atoms with E-state index in [1.54, 1.807) is 0 Å². The first-order valence-electron chi connectivity index (χ1n) is 4.54. The Kier molecular flexibility index (Phi) is 5.43. The van der Waals surface area contributed by atoms with Crippen LogP contribution in [0, 0.1) is 0 Å². The van der Waals surface area contributed by atoms with E-state index in [0.717, 1.165) is 12.3 Å². The Labute approximate surface area is 76.0 Å². The maximum absolute atomic E-state index is 4.24. The van der Waals surface area contributed by atoms with E-state index in [4.69, 9.17) is 0 Å². The van der Waals surface area contributed by atoms with E-state index in [2.05, 4.69) is 36.9 Å². The van der Waals surface area contributed by atoms with Crippen LogP contribution in [0.4, 0.5) is 0 Å². The molecule has 0 aromatic heterocycles. The summed E-state index contributed by atoms with van der Waals surface area (Å²) in [6.45, 7) is 8.49. The van der Waals surface area contributed by atoms with Gasteiger partial charge in [-0.2, -0.15) is 0 Å². The summed E-state index contributed by atoms with van der Waals surface area (Å²) in [5.41, 5.74) is 0. The Morgan fingerprint density at radius 1 is 1.50 bits per heavy atom. The van der Waals surface area contributed by atoms with Gasteiger partial charge in [0.2, 0.25) is 0 Å². The minimum absolute atomic E-state index is 0.486. The average molecular weight is 168 g/mol. The largest absolute Gasteiger partial charge is 0.335 e. The third-order valence-corrected chi connectivity index (χ3v) is 1.74. The zero-order valence-electron chi connectivity index (χ0n) is 8.83. The van der Waals surface area contributed by atoms with Crippen LogP contribution in [0.2, 0.25) is 0 Å². The van der Waals surface area contributed by atoms with E-state index in [1.807, 2.05) is 20.0 Å². The summed E-state index contributed by atoms with van der Waals surface area (Å²) in [7, 11) is 1.84. The molecule has 0 fully saturated rings. The van der Waals surface area contributed by atoms with Crippen LogP contribution < -0.4 is 0 Å². The Balaban J connectivity index is 4.48. The molecule has 0 aliphatic carbocycles. The molecule has 0 bridgehead atoms. The zero-order valence-corrected chi connectivity index (χ0v) is 8.83. The van der Waals surface area contributed by atoms with Gasteiger partial charge in [-0.25, -0.2) is 0 Å². The van der Waals surface area contributed by atoms with Crippen molar-refractivity contribution in [1.82, 2.24) is 4.90 Å². The SMILES string of the molecule is C/C=C\N(/C(CC)=N\C)C(C)C. The van der Waals surface area contributed by atoms with Crippen LogP contribution in [0.15, 0.2) is 17.3 Å². The van der Waals surface area contributed by atoms with Gasteiger partial charge in [0.1, 0.15) is 5.84 Å². The van der Waals surface area contributed by atoms with Gasteiger partial charge in [-0.15, -0.1) is 0 Å². The topological polar surface area (TPSA) is 15.6 Å². The average Bonchev–Trinajstić information content (AvgIpc) is 2.05. The van der Waals surface area contributed by atoms with E-state index in [1.165, 1.54) is 0 Å². The lowest BCUT2D eigenvalue weighted by Gasteiger charge is -2.25. The first-order chi connectivity index (χ1) is 5.67. The summed E-state index contributed by atoms with van der Waals surface area (Å²) in [4.78, 5) is 6.43. The Morgan fingerprint density at radius 2 is 2.08 bits per heavy atom. The predicted molar refractivity (Wildman–Crippen MR) is 55.4 cm³/mol. The molecule has 0 spiro atoms.